The summed E-state index contributed by atoms with van der Waals surface area (Å²) in [6, 6.07) is 6.99. The van der Waals surface area contributed by atoms with Crippen LogP contribution in [0.25, 0.3) is 11.0 Å². The maximum Gasteiger partial charge on any atom is 0.253 e. The zero-order chi connectivity index (χ0) is 21.6. The van der Waals surface area contributed by atoms with Gasteiger partial charge in [0.2, 0.25) is 5.88 Å². The Morgan fingerprint density at radius 1 is 1.26 bits per heavy atom. The van der Waals surface area contributed by atoms with Crippen LogP contribution < -0.4 is 10.5 Å². The highest BCUT2D eigenvalue weighted by Gasteiger charge is 2.56. The third-order valence-electron chi connectivity index (χ3n) is 5.93. The molecule has 1 atom stereocenters. The molecule has 1 aliphatic carbocycles. The minimum Gasteiger partial charge on any atom is -0.474 e. The van der Waals surface area contributed by atoms with Crippen molar-refractivity contribution >= 4 is 22.4 Å². The Bertz CT molecular complexity index is 1140. The largest absolute Gasteiger partial charge is 0.474 e. The van der Waals surface area contributed by atoms with Crippen LogP contribution in [0.3, 0.4) is 0 Å². The standard InChI is InChI=1S/C22H23F2N5O2/c23-22(24)10-14(22)11-29-12-28-17-9-13(1-2-18(17)29)20(26)19-16(25)3-6-27-21(19)31-15-4-7-30-8-5-15/h1-3,6,9,12,14-15,26H,4-5,7-8,10-11H2,(H2,25,27). The van der Waals surface area contributed by atoms with E-state index in [0.717, 1.165) is 18.4 Å². The van der Waals surface area contributed by atoms with E-state index < -0.39 is 11.8 Å². The predicted octanol–water partition coefficient (Wildman–Crippen LogP) is 3.64. The lowest BCUT2D eigenvalue weighted by Gasteiger charge is -2.24. The summed E-state index contributed by atoms with van der Waals surface area (Å²) in [5, 5.41) is 8.77. The van der Waals surface area contributed by atoms with E-state index in [1.165, 1.54) is 0 Å². The second-order valence-corrected chi connectivity index (χ2v) is 8.15. The number of nitrogens with one attached hydrogen (secondary N) is 1. The van der Waals surface area contributed by atoms with Crippen LogP contribution in [0.2, 0.25) is 0 Å². The van der Waals surface area contributed by atoms with Gasteiger partial charge < -0.3 is 19.8 Å². The molecule has 162 valence electrons. The van der Waals surface area contributed by atoms with E-state index in [1.807, 2.05) is 0 Å². The SMILES string of the molecule is N=C(c1ccc2c(c1)ncn2CC1CC1(F)F)c1c(N)ccnc1OC1CCOCC1. The second-order valence-electron chi connectivity index (χ2n) is 8.15. The zero-order valence-corrected chi connectivity index (χ0v) is 16.9. The van der Waals surface area contributed by atoms with Crippen molar-refractivity contribution in [1.82, 2.24) is 14.5 Å². The Labute approximate surface area is 177 Å². The number of anilines is 1. The molecule has 0 spiro atoms. The molecule has 1 saturated heterocycles. The lowest BCUT2D eigenvalue weighted by Crippen LogP contribution is -2.27. The molecule has 2 aromatic heterocycles. The second kappa shape index (κ2) is 7.56. The molecule has 3 N–H and O–H groups in total. The van der Waals surface area contributed by atoms with Crippen LogP contribution in [0.5, 0.6) is 5.88 Å². The lowest BCUT2D eigenvalue weighted by atomic mass is 10.0. The number of aromatic nitrogens is 3. The Hall–Kier alpha value is -3.07. The molecule has 0 bridgehead atoms. The fourth-order valence-corrected chi connectivity index (χ4v) is 3.96. The van der Waals surface area contributed by atoms with Crippen LogP contribution >= 0.6 is 0 Å². The molecule has 1 aliphatic heterocycles. The van der Waals surface area contributed by atoms with E-state index in [-0.39, 0.29) is 24.8 Å². The maximum atomic E-state index is 13.3. The number of imidazole rings is 1. The van der Waals surface area contributed by atoms with Crippen molar-refractivity contribution < 1.29 is 18.3 Å². The third kappa shape index (κ3) is 3.85. The van der Waals surface area contributed by atoms with Gasteiger partial charge in [0.1, 0.15) is 6.10 Å². The molecule has 2 aliphatic rings. The molecule has 31 heavy (non-hydrogen) atoms. The zero-order valence-electron chi connectivity index (χ0n) is 16.9. The summed E-state index contributed by atoms with van der Waals surface area (Å²) in [4.78, 5) is 8.68. The fraction of sp³-hybridized carbons (Fsp3) is 0.409. The van der Waals surface area contributed by atoms with Gasteiger partial charge in [0.05, 0.1) is 41.8 Å². The molecule has 1 unspecified atom stereocenters. The highest BCUT2D eigenvalue weighted by Crippen LogP contribution is 2.49. The number of hydrogen-bond donors (Lipinski definition) is 2. The van der Waals surface area contributed by atoms with Crippen LogP contribution in [0, 0.1) is 11.3 Å². The first kappa shape index (κ1) is 19.9. The monoisotopic (exact) mass is 427 g/mol. The quantitative estimate of drug-likeness (QED) is 0.585. The van der Waals surface area contributed by atoms with Gasteiger partial charge in [0.15, 0.2) is 0 Å². The average molecular weight is 427 g/mol. The predicted molar refractivity (Wildman–Crippen MR) is 112 cm³/mol. The number of rotatable bonds is 6. The number of ether oxygens (including phenoxy) is 2. The molecule has 9 heteroatoms. The number of benzene rings is 1. The number of pyridine rings is 1. The molecule has 3 heterocycles. The Kier molecular flexibility index (Phi) is 4.85. The molecule has 2 fully saturated rings. The number of nitrogens with zero attached hydrogens (tertiary/aromatic N) is 3. The van der Waals surface area contributed by atoms with Crippen LogP contribution in [-0.2, 0) is 11.3 Å². The van der Waals surface area contributed by atoms with Crippen LogP contribution in [0.1, 0.15) is 30.4 Å². The molecule has 5 rings (SSSR count). The maximum absolute atomic E-state index is 13.3. The van der Waals surface area contributed by atoms with Crippen LogP contribution in [0.4, 0.5) is 14.5 Å². The topological polar surface area (TPSA) is 99.0 Å². The Balaban J connectivity index is 1.42. The van der Waals surface area contributed by atoms with Crippen molar-refractivity contribution in [3.8, 4) is 5.88 Å². The van der Waals surface area contributed by atoms with E-state index in [9.17, 15) is 8.78 Å². The minimum atomic E-state index is -2.57. The van der Waals surface area contributed by atoms with E-state index in [4.69, 9.17) is 20.6 Å². The van der Waals surface area contributed by atoms with E-state index >= 15 is 0 Å². The molecular weight excluding hydrogens is 404 g/mol. The summed E-state index contributed by atoms with van der Waals surface area (Å²) in [6.07, 6.45) is 4.54. The number of fused-ring (bicyclic) bond motifs is 1. The summed E-state index contributed by atoms with van der Waals surface area (Å²) >= 11 is 0. The van der Waals surface area contributed by atoms with Gasteiger partial charge in [-0.25, -0.2) is 18.7 Å². The lowest BCUT2D eigenvalue weighted by molar-refractivity contribution is 0.0237. The number of halogens is 2. The van der Waals surface area contributed by atoms with Gasteiger partial charge in [-0.05, 0) is 18.2 Å². The van der Waals surface area contributed by atoms with Gasteiger partial charge in [0, 0.05) is 49.2 Å². The number of nitrogen functional groups attached to an aromatic ring is 1. The number of alkyl halides is 2. The van der Waals surface area contributed by atoms with Crippen molar-refractivity contribution in [2.24, 2.45) is 5.92 Å². The van der Waals surface area contributed by atoms with E-state index in [0.29, 0.717) is 41.4 Å². The van der Waals surface area contributed by atoms with Crippen molar-refractivity contribution in [2.45, 2.75) is 37.8 Å². The molecule has 1 aromatic carbocycles. The first-order valence-electron chi connectivity index (χ1n) is 10.3. The van der Waals surface area contributed by atoms with Crippen molar-refractivity contribution in [3.05, 3.63) is 47.9 Å². The normalized spacial score (nSPS) is 20.6. The van der Waals surface area contributed by atoms with Gasteiger partial charge >= 0.3 is 0 Å². The van der Waals surface area contributed by atoms with Crippen LogP contribution in [-0.4, -0.2) is 45.5 Å². The molecule has 3 aromatic rings. The molecule has 1 saturated carbocycles. The van der Waals surface area contributed by atoms with Crippen molar-refractivity contribution in [2.75, 3.05) is 18.9 Å². The van der Waals surface area contributed by atoms with Crippen molar-refractivity contribution in [1.29, 1.82) is 5.41 Å². The fourth-order valence-electron chi connectivity index (χ4n) is 3.96. The minimum absolute atomic E-state index is 0.0340. The Morgan fingerprint density at radius 2 is 2.03 bits per heavy atom. The molecule has 0 amide bonds. The van der Waals surface area contributed by atoms with Gasteiger partial charge in [-0.3, -0.25) is 5.41 Å². The highest BCUT2D eigenvalue weighted by molar-refractivity contribution is 6.16. The van der Waals surface area contributed by atoms with E-state index in [2.05, 4.69) is 9.97 Å². The molecule has 0 radical (unpaired) electrons. The van der Waals surface area contributed by atoms with E-state index in [1.54, 1.807) is 41.4 Å². The Morgan fingerprint density at radius 3 is 2.77 bits per heavy atom. The van der Waals surface area contributed by atoms with Gasteiger partial charge in [-0.1, -0.05) is 6.07 Å². The summed E-state index contributed by atoms with van der Waals surface area (Å²) in [5.41, 5.74) is 9.22. The summed E-state index contributed by atoms with van der Waals surface area (Å²) in [5.74, 6) is -2.88. The molecule has 7 nitrogen and oxygen atoms in total. The number of nitrogens with two attached hydrogens (primary N) is 1. The number of hydrogen-bond acceptors (Lipinski definition) is 6. The smallest absolute Gasteiger partial charge is 0.253 e. The van der Waals surface area contributed by atoms with Crippen molar-refractivity contribution in [3.63, 3.8) is 0 Å². The van der Waals surface area contributed by atoms with Gasteiger partial charge in [-0.15, -0.1) is 0 Å². The summed E-state index contributed by atoms with van der Waals surface area (Å²) < 4.78 is 39.8. The molecular formula is C22H23F2N5O2. The van der Waals surface area contributed by atoms with Gasteiger partial charge in [0.25, 0.3) is 5.92 Å². The summed E-state index contributed by atoms with van der Waals surface area (Å²) in [6.45, 7) is 1.50. The van der Waals surface area contributed by atoms with Crippen LogP contribution in [0.15, 0.2) is 36.8 Å². The first-order chi connectivity index (χ1) is 14.9. The summed E-state index contributed by atoms with van der Waals surface area (Å²) in [7, 11) is 0. The van der Waals surface area contributed by atoms with Gasteiger partial charge in [-0.2, -0.15) is 0 Å². The first-order valence-corrected chi connectivity index (χ1v) is 10.3. The third-order valence-corrected chi connectivity index (χ3v) is 5.93. The average Bonchev–Trinajstić information content (AvgIpc) is 3.16. The highest BCUT2D eigenvalue weighted by atomic mass is 19.3.